The van der Waals surface area contributed by atoms with E-state index in [1.807, 2.05) is 12.3 Å². The van der Waals surface area contributed by atoms with Crippen LogP contribution in [-0.4, -0.2) is 10.7 Å². The molecule has 2 nitrogen and oxygen atoms in total. The molecule has 72 valence electrons. The van der Waals surface area contributed by atoms with Crippen LogP contribution in [0.4, 0.5) is 0 Å². The fourth-order valence-corrected chi connectivity index (χ4v) is 1.78. The van der Waals surface area contributed by atoms with Gasteiger partial charge < -0.3 is 5.73 Å². The van der Waals surface area contributed by atoms with Gasteiger partial charge in [-0.15, -0.1) is 11.8 Å². The van der Waals surface area contributed by atoms with Crippen molar-refractivity contribution < 1.29 is 0 Å². The number of nitrogens with two attached hydrogens (primary N) is 1. The summed E-state index contributed by atoms with van der Waals surface area (Å²) in [5, 5.41) is 1.08. The van der Waals surface area contributed by atoms with Gasteiger partial charge in [0.05, 0.1) is 5.03 Å². The lowest BCUT2D eigenvalue weighted by Gasteiger charge is -2.04. The molecule has 1 heterocycles. The Balaban J connectivity index is 2.56. The number of hydrogen-bond acceptors (Lipinski definition) is 3. The van der Waals surface area contributed by atoms with Gasteiger partial charge in [-0.1, -0.05) is 13.8 Å². The average molecular weight is 196 g/mol. The summed E-state index contributed by atoms with van der Waals surface area (Å²) in [6.45, 7) is 5.01. The molecule has 3 heteroatoms. The van der Waals surface area contributed by atoms with E-state index in [0.717, 1.165) is 16.3 Å². The zero-order valence-corrected chi connectivity index (χ0v) is 8.97. The summed E-state index contributed by atoms with van der Waals surface area (Å²) in [7, 11) is 0. The number of aromatic nitrogens is 1. The smallest absolute Gasteiger partial charge is 0.0963 e. The van der Waals surface area contributed by atoms with Gasteiger partial charge in [0.2, 0.25) is 0 Å². The van der Waals surface area contributed by atoms with Gasteiger partial charge in [0.25, 0.3) is 0 Å². The third kappa shape index (κ3) is 3.79. The summed E-state index contributed by atoms with van der Waals surface area (Å²) in [5.74, 6) is 1.81. The van der Waals surface area contributed by atoms with E-state index in [9.17, 15) is 0 Å². The van der Waals surface area contributed by atoms with Crippen LogP contribution in [0, 0.1) is 5.92 Å². The maximum Gasteiger partial charge on any atom is 0.0963 e. The Morgan fingerprint density at radius 1 is 1.54 bits per heavy atom. The van der Waals surface area contributed by atoms with Crippen LogP contribution in [0.1, 0.15) is 19.4 Å². The van der Waals surface area contributed by atoms with E-state index in [-0.39, 0.29) is 0 Å². The molecule has 0 unspecified atom stereocenters. The normalized spacial score (nSPS) is 10.8. The Bertz CT molecular complexity index is 261. The number of nitrogens with zero attached hydrogens (tertiary/aromatic N) is 1. The van der Waals surface area contributed by atoms with Crippen LogP contribution in [0.25, 0.3) is 0 Å². The third-order valence-electron chi connectivity index (χ3n) is 1.60. The molecule has 0 saturated heterocycles. The van der Waals surface area contributed by atoms with Crippen molar-refractivity contribution in [3.8, 4) is 0 Å². The molecule has 0 aromatic carbocycles. The molecule has 2 N–H and O–H groups in total. The van der Waals surface area contributed by atoms with E-state index in [0.29, 0.717) is 12.5 Å². The van der Waals surface area contributed by atoms with Gasteiger partial charge in [0.1, 0.15) is 0 Å². The molecule has 0 bridgehead atoms. The van der Waals surface area contributed by atoms with Crippen molar-refractivity contribution in [2.24, 2.45) is 11.7 Å². The fourth-order valence-electron chi connectivity index (χ4n) is 0.908. The summed E-state index contributed by atoms with van der Waals surface area (Å²) < 4.78 is 0. The molecule has 0 amide bonds. The predicted molar refractivity (Wildman–Crippen MR) is 57.7 cm³/mol. The third-order valence-corrected chi connectivity index (χ3v) is 2.95. The van der Waals surface area contributed by atoms with Crippen LogP contribution in [0.15, 0.2) is 23.4 Å². The number of thioether (sulfide) groups is 1. The first-order valence-corrected chi connectivity index (χ1v) is 5.48. The van der Waals surface area contributed by atoms with E-state index >= 15 is 0 Å². The Morgan fingerprint density at radius 3 is 2.92 bits per heavy atom. The quantitative estimate of drug-likeness (QED) is 0.751. The minimum Gasteiger partial charge on any atom is -0.326 e. The Kier molecular flexibility index (Phi) is 4.25. The SMILES string of the molecule is CC(C)CSc1cc(CN)ccn1. The van der Waals surface area contributed by atoms with E-state index in [4.69, 9.17) is 5.73 Å². The van der Waals surface area contributed by atoms with Gasteiger partial charge >= 0.3 is 0 Å². The lowest BCUT2D eigenvalue weighted by Crippen LogP contribution is -1.97. The Morgan fingerprint density at radius 2 is 2.31 bits per heavy atom. The molecule has 0 aliphatic heterocycles. The summed E-state index contributed by atoms with van der Waals surface area (Å²) in [6, 6.07) is 4.02. The lowest BCUT2D eigenvalue weighted by atomic mass is 10.3. The van der Waals surface area contributed by atoms with E-state index in [1.54, 1.807) is 11.8 Å². The second-order valence-electron chi connectivity index (χ2n) is 3.41. The molecule has 1 rings (SSSR count). The van der Waals surface area contributed by atoms with E-state index in [2.05, 4.69) is 24.9 Å². The van der Waals surface area contributed by atoms with Crippen molar-refractivity contribution in [1.29, 1.82) is 0 Å². The summed E-state index contributed by atoms with van der Waals surface area (Å²) in [4.78, 5) is 4.27. The van der Waals surface area contributed by atoms with Crippen LogP contribution in [0.5, 0.6) is 0 Å². The highest BCUT2D eigenvalue weighted by atomic mass is 32.2. The van der Waals surface area contributed by atoms with Crippen molar-refractivity contribution in [3.63, 3.8) is 0 Å². The van der Waals surface area contributed by atoms with Crippen LogP contribution in [0.2, 0.25) is 0 Å². The van der Waals surface area contributed by atoms with Crippen molar-refractivity contribution in [2.45, 2.75) is 25.4 Å². The van der Waals surface area contributed by atoms with Gasteiger partial charge in [0, 0.05) is 18.5 Å². The molecule has 1 aromatic rings. The molecule has 0 radical (unpaired) electrons. The highest BCUT2D eigenvalue weighted by Crippen LogP contribution is 2.18. The molecular weight excluding hydrogens is 180 g/mol. The van der Waals surface area contributed by atoms with Crippen molar-refractivity contribution in [1.82, 2.24) is 4.98 Å². The summed E-state index contributed by atoms with van der Waals surface area (Å²) >= 11 is 1.79. The fraction of sp³-hybridized carbons (Fsp3) is 0.500. The maximum atomic E-state index is 5.54. The van der Waals surface area contributed by atoms with Crippen LogP contribution < -0.4 is 5.73 Å². The first-order valence-electron chi connectivity index (χ1n) is 4.50. The van der Waals surface area contributed by atoms with Crippen LogP contribution in [-0.2, 0) is 6.54 Å². The number of hydrogen-bond donors (Lipinski definition) is 1. The number of pyridine rings is 1. The maximum absolute atomic E-state index is 5.54. The lowest BCUT2D eigenvalue weighted by molar-refractivity contribution is 0.749. The molecule has 0 fully saturated rings. The molecule has 0 atom stereocenters. The van der Waals surface area contributed by atoms with Gasteiger partial charge in [-0.2, -0.15) is 0 Å². The first-order chi connectivity index (χ1) is 6.22. The van der Waals surface area contributed by atoms with E-state index < -0.39 is 0 Å². The Labute approximate surface area is 83.9 Å². The molecule has 13 heavy (non-hydrogen) atoms. The Hall–Kier alpha value is -0.540. The summed E-state index contributed by atoms with van der Waals surface area (Å²) in [5.41, 5.74) is 6.69. The van der Waals surface area contributed by atoms with Gasteiger partial charge in [-0.25, -0.2) is 4.98 Å². The largest absolute Gasteiger partial charge is 0.326 e. The predicted octanol–water partition coefficient (Wildman–Crippen LogP) is 2.29. The van der Waals surface area contributed by atoms with Gasteiger partial charge in [0.15, 0.2) is 0 Å². The van der Waals surface area contributed by atoms with Crippen LogP contribution in [0.3, 0.4) is 0 Å². The molecule has 1 aromatic heterocycles. The van der Waals surface area contributed by atoms with Crippen LogP contribution >= 0.6 is 11.8 Å². The highest BCUT2D eigenvalue weighted by Gasteiger charge is 1.99. The molecule has 0 aliphatic carbocycles. The molecular formula is C10H16N2S. The minimum absolute atomic E-state index is 0.595. The van der Waals surface area contributed by atoms with Crippen molar-refractivity contribution in [3.05, 3.63) is 23.9 Å². The highest BCUT2D eigenvalue weighted by molar-refractivity contribution is 7.99. The number of rotatable bonds is 4. The second-order valence-corrected chi connectivity index (χ2v) is 4.45. The zero-order chi connectivity index (χ0) is 9.68. The van der Waals surface area contributed by atoms with Crippen molar-refractivity contribution in [2.75, 3.05) is 5.75 Å². The van der Waals surface area contributed by atoms with Gasteiger partial charge in [-0.05, 0) is 23.6 Å². The van der Waals surface area contributed by atoms with Gasteiger partial charge in [-0.3, -0.25) is 0 Å². The van der Waals surface area contributed by atoms with Crippen molar-refractivity contribution >= 4 is 11.8 Å². The standard InChI is InChI=1S/C10H16N2S/c1-8(2)7-13-10-5-9(6-11)3-4-12-10/h3-5,8H,6-7,11H2,1-2H3. The summed E-state index contributed by atoms with van der Waals surface area (Å²) in [6.07, 6.45) is 1.82. The second kappa shape index (κ2) is 5.25. The molecule has 0 aliphatic rings. The topological polar surface area (TPSA) is 38.9 Å². The monoisotopic (exact) mass is 196 g/mol. The first kappa shape index (κ1) is 10.5. The molecule has 0 spiro atoms. The zero-order valence-electron chi connectivity index (χ0n) is 8.16. The minimum atomic E-state index is 0.595. The average Bonchev–Trinajstić information content (AvgIpc) is 2.15. The molecule has 0 saturated carbocycles. The van der Waals surface area contributed by atoms with E-state index in [1.165, 1.54) is 0 Å².